The van der Waals surface area contributed by atoms with E-state index < -0.39 is 53.1 Å². The Morgan fingerprint density at radius 3 is 2.15 bits per heavy atom. The first kappa shape index (κ1) is 29.3. The van der Waals surface area contributed by atoms with Crippen LogP contribution in [0.1, 0.15) is 85.3 Å². The number of hydrogen-bond acceptors (Lipinski definition) is 5. The van der Waals surface area contributed by atoms with Crippen molar-refractivity contribution in [3.05, 3.63) is 45.5 Å². The Bertz CT molecular complexity index is 1280. The molecule has 1 amide bonds. The van der Waals surface area contributed by atoms with Crippen molar-refractivity contribution in [2.75, 3.05) is 13.1 Å². The summed E-state index contributed by atoms with van der Waals surface area (Å²) < 4.78 is 44.0. The molecular formula is C26H29Cl2F3N4O4. The number of ketones is 1. The third-order valence-electron chi connectivity index (χ3n) is 8.13. The minimum Gasteiger partial charge on any atom is -0.481 e. The van der Waals surface area contributed by atoms with Gasteiger partial charge in [0, 0.05) is 18.9 Å². The fourth-order valence-electron chi connectivity index (χ4n) is 5.25. The molecule has 39 heavy (non-hydrogen) atoms. The molecule has 1 N–H and O–H groups in total. The van der Waals surface area contributed by atoms with Gasteiger partial charge in [0.25, 0.3) is 5.91 Å². The lowest BCUT2D eigenvalue weighted by Gasteiger charge is -2.34. The molecule has 2 saturated carbocycles. The molecule has 0 saturated heterocycles. The van der Waals surface area contributed by atoms with E-state index in [9.17, 15) is 32.7 Å². The monoisotopic (exact) mass is 588 g/mol. The average molecular weight is 589 g/mol. The average Bonchev–Trinajstić information content (AvgIpc) is 3.22. The summed E-state index contributed by atoms with van der Waals surface area (Å²) in [4.78, 5) is 43.3. The van der Waals surface area contributed by atoms with Crippen molar-refractivity contribution < 1.29 is 32.7 Å². The van der Waals surface area contributed by atoms with Crippen molar-refractivity contribution in [1.82, 2.24) is 19.7 Å². The number of rotatable bonds is 8. The topological polar surface area (TPSA) is 105 Å². The zero-order chi connectivity index (χ0) is 28.9. The minimum absolute atomic E-state index is 0.00550. The molecule has 8 nitrogen and oxygen atoms in total. The highest BCUT2D eigenvalue weighted by molar-refractivity contribution is 6.39. The van der Waals surface area contributed by atoms with Crippen LogP contribution in [-0.2, 0) is 11.0 Å². The Kier molecular flexibility index (Phi) is 7.81. The van der Waals surface area contributed by atoms with Crippen LogP contribution < -0.4 is 0 Å². The van der Waals surface area contributed by atoms with E-state index in [-0.39, 0.29) is 59.2 Å². The molecule has 2 heterocycles. The minimum atomic E-state index is -4.92. The lowest BCUT2D eigenvalue weighted by molar-refractivity contribution is -0.152. The number of carbonyl (C=O) groups excluding carboxylic acids is 2. The number of carbonyl (C=O) groups is 3. The molecule has 13 heteroatoms. The predicted octanol–water partition coefficient (Wildman–Crippen LogP) is 6.18. The first-order chi connectivity index (χ1) is 18.0. The molecule has 0 aliphatic heterocycles. The molecule has 0 bridgehead atoms. The number of aliphatic carboxylic acids is 1. The molecule has 2 aromatic rings. The van der Waals surface area contributed by atoms with Gasteiger partial charge in [0.2, 0.25) is 0 Å². The van der Waals surface area contributed by atoms with Gasteiger partial charge in [-0.15, -0.1) is 0 Å². The first-order valence-electron chi connectivity index (χ1n) is 12.5. The highest BCUT2D eigenvalue weighted by Crippen LogP contribution is 2.52. The number of carboxylic acids is 1. The molecule has 2 aliphatic rings. The maximum Gasteiger partial charge on any atom is 0.433 e. The zero-order valence-corrected chi connectivity index (χ0v) is 23.2. The summed E-state index contributed by atoms with van der Waals surface area (Å²) in [5.41, 5.74) is -3.07. The van der Waals surface area contributed by atoms with Crippen molar-refractivity contribution in [1.29, 1.82) is 0 Å². The van der Waals surface area contributed by atoms with E-state index in [1.54, 1.807) is 6.92 Å². The van der Waals surface area contributed by atoms with Gasteiger partial charge in [-0.3, -0.25) is 24.0 Å². The fourth-order valence-corrected chi connectivity index (χ4v) is 5.83. The first-order valence-corrected chi connectivity index (χ1v) is 13.3. The lowest BCUT2D eigenvalue weighted by atomic mass is 9.74. The van der Waals surface area contributed by atoms with E-state index in [1.165, 1.54) is 12.4 Å². The number of alkyl halides is 3. The summed E-state index contributed by atoms with van der Waals surface area (Å²) in [5, 5.41) is 13.4. The van der Waals surface area contributed by atoms with Crippen molar-refractivity contribution >= 4 is 40.9 Å². The Morgan fingerprint density at radius 2 is 1.67 bits per heavy atom. The van der Waals surface area contributed by atoms with Crippen LogP contribution in [-0.4, -0.2) is 55.5 Å². The largest absolute Gasteiger partial charge is 0.481 e. The van der Waals surface area contributed by atoms with Gasteiger partial charge in [0.15, 0.2) is 11.5 Å². The summed E-state index contributed by atoms with van der Waals surface area (Å²) in [7, 11) is 0. The van der Waals surface area contributed by atoms with Gasteiger partial charge in [0.05, 0.1) is 45.4 Å². The molecule has 1 atom stereocenters. The van der Waals surface area contributed by atoms with E-state index in [1.807, 2.05) is 13.8 Å². The van der Waals surface area contributed by atoms with Crippen molar-refractivity contribution in [3.63, 3.8) is 0 Å². The molecule has 2 aromatic heterocycles. The Morgan fingerprint density at radius 1 is 1.10 bits per heavy atom. The van der Waals surface area contributed by atoms with Crippen LogP contribution in [0.15, 0.2) is 18.6 Å². The van der Waals surface area contributed by atoms with Crippen LogP contribution >= 0.6 is 23.2 Å². The molecular weight excluding hydrogens is 560 g/mol. The lowest BCUT2D eigenvalue weighted by Crippen LogP contribution is -2.39. The SMILES string of the molecule is CC1(C)C[C@H]1CN(CC(=O)c1c(Cl)cncc1Cl)C(=O)c1cnn([C@H]2CC[C@](C)(C(=O)O)CC2)c1C(F)(F)F. The molecule has 0 radical (unpaired) electrons. The number of hydrogen-bond donors (Lipinski definition) is 1. The van der Waals surface area contributed by atoms with Crippen LogP contribution in [0.2, 0.25) is 10.0 Å². The Balaban J connectivity index is 1.66. The molecule has 2 fully saturated rings. The number of nitrogens with zero attached hydrogens (tertiary/aromatic N) is 4. The standard InChI is InChI=1S/C26H29Cl2F3N4O4/c1-24(2)8-14(24)12-34(13-19(36)20-17(27)10-32-11-18(20)28)22(37)16-9-33-35(21(16)26(29,30)31)15-4-6-25(3,7-5-15)23(38)39/h9-11,14-15H,4-8,12-13H2,1-3H3,(H,38,39)/t14-,15-,25-/m0/s1. The molecule has 0 aromatic carbocycles. The number of pyridine rings is 1. The van der Waals surface area contributed by atoms with Gasteiger partial charge in [-0.1, -0.05) is 37.0 Å². The van der Waals surface area contributed by atoms with E-state index in [0.717, 1.165) is 22.2 Å². The van der Waals surface area contributed by atoms with E-state index in [0.29, 0.717) is 0 Å². The van der Waals surface area contributed by atoms with Crippen molar-refractivity contribution in [2.24, 2.45) is 16.7 Å². The smallest absolute Gasteiger partial charge is 0.433 e. The van der Waals surface area contributed by atoms with Crippen molar-refractivity contribution in [3.8, 4) is 0 Å². The summed E-state index contributed by atoms with van der Waals surface area (Å²) in [6, 6.07) is -0.720. The number of carboxylic acid groups (broad SMARTS) is 1. The Labute approximate surface area is 233 Å². The third-order valence-corrected chi connectivity index (χ3v) is 8.70. The van der Waals surface area contributed by atoms with Crippen LogP contribution in [0, 0.1) is 16.7 Å². The van der Waals surface area contributed by atoms with Gasteiger partial charge >= 0.3 is 12.1 Å². The molecule has 0 unspecified atom stereocenters. The van der Waals surface area contributed by atoms with Gasteiger partial charge < -0.3 is 10.0 Å². The maximum absolute atomic E-state index is 14.4. The van der Waals surface area contributed by atoms with Crippen LogP contribution in [0.4, 0.5) is 13.2 Å². The van der Waals surface area contributed by atoms with Gasteiger partial charge in [-0.2, -0.15) is 18.3 Å². The summed E-state index contributed by atoms with van der Waals surface area (Å²) in [6.45, 7) is 5.07. The fraction of sp³-hybridized carbons (Fsp3) is 0.577. The predicted molar refractivity (Wildman–Crippen MR) is 137 cm³/mol. The maximum atomic E-state index is 14.4. The molecule has 2 aliphatic carbocycles. The van der Waals surface area contributed by atoms with E-state index in [2.05, 4.69) is 10.1 Å². The van der Waals surface area contributed by atoms with E-state index >= 15 is 0 Å². The highest BCUT2D eigenvalue weighted by atomic mass is 35.5. The molecule has 4 rings (SSSR count). The number of Topliss-reactive ketones (excluding diaryl/α,β-unsaturated/α-hetero) is 1. The normalized spacial score (nSPS) is 24.3. The van der Waals surface area contributed by atoms with Crippen LogP contribution in [0.3, 0.4) is 0 Å². The zero-order valence-electron chi connectivity index (χ0n) is 21.7. The summed E-state index contributed by atoms with van der Waals surface area (Å²) >= 11 is 12.2. The second-order valence-electron chi connectivity index (χ2n) is 11.4. The second-order valence-corrected chi connectivity index (χ2v) is 12.2. The number of halogens is 5. The molecule has 212 valence electrons. The Hall–Kier alpha value is -2.66. The summed E-state index contributed by atoms with van der Waals surface area (Å²) in [6.07, 6.45) is -0.144. The van der Waals surface area contributed by atoms with Gasteiger partial charge in [-0.25, -0.2) is 0 Å². The van der Waals surface area contributed by atoms with Gasteiger partial charge in [-0.05, 0) is 50.4 Å². The van der Waals surface area contributed by atoms with Gasteiger partial charge in [0.1, 0.15) is 0 Å². The summed E-state index contributed by atoms with van der Waals surface area (Å²) in [5.74, 6) is -2.60. The second kappa shape index (κ2) is 10.4. The van der Waals surface area contributed by atoms with Crippen LogP contribution in [0.25, 0.3) is 0 Å². The number of amides is 1. The third kappa shape index (κ3) is 5.94. The quantitative estimate of drug-likeness (QED) is 0.369. The van der Waals surface area contributed by atoms with E-state index in [4.69, 9.17) is 23.2 Å². The number of aromatic nitrogens is 3. The van der Waals surface area contributed by atoms with Crippen LogP contribution in [0.5, 0.6) is 0 Å². The highest BCUT2D eigenvalue weighted by Gasteiger charge is 2.49. The molecule has 0 spiro atoms. The van der Waals surface area contributed by atoms with Crippen molar-refractivity contribution in [2.45, 2.75) is 65.1 Å².